The fraction of sp³-hybridized carbons (Fsp3) is 0.400. The number of hydrogen-bond donors (Lipinski definition) is 2. The second-order valence-electron chi connectivity index (χ2n) is 4.02. The Morgan fingerprint density at radius 1 is 1.50 bits per heavy atom. The van der Waals surface area contributed by atoms with Gasteiger partial charge in [0, 0.05) is 11.1 Å². The van der Waals surface area contributed by atoms with Crippen molar-refractivity contribution >= 4 is 15.9 Å². The van der Waals surface area contributed by atoms with Gasteiger partial charge in [-0.25, -0.2) is 4.39 Å². The van der Waals surface area contributed by atoms with Crippen LogP contribution in [0.15, 0.2) is 16.6 Å². The first-order chi connectivity index (χ1) is 6.31. The predicted molar refractivity (Wildman–Crippen MR) is 57.7 cm³/mol. The first-order valence-corrected chi connectivity index (χ1v) is 5.05. The zero-order chi connectivity index (χ0) is 10.9. The van der Waals surface area contributed by atoms with Crippen molar-refractivity contribution in [1.29, 1.82) is 0 Å². The van der Waals surface area contributed by atoms with Crippen molar-refractivity contribution in [2.45, 2.75) is 25.8 Å². The molecular formula is C10H13BrFNO. The maximum absolute atomic E-state index is 13.4. The number of hydrogen-bond acceptors (Lipinski definition) is 2. The van der Waals surface area contributed by atoms with Crippen LogP contribution in [0.5, 0.6) is 5.75 Å². The molecule has 0 bridgehead atoms. The van der Waals surface area contributed by atoms with Gasteiger partial charge in [-0.05, 0) is 48.3 Å². The zero-order valence-electron chi connectivity index (χ0n) is 8.14. The van der Waals surface area contributed by atoms with Gasteiger partial charge in [-0.2, -0.15) is 0 Å². The van der Waals surface area contributed by atoms with Crippen LogP contribution in [0.3, 0.4) is 0 Å². The van der Waals surface area contributed by atoms with Crippen molar-refractivity contribution in [2.75, 3.05) is 0 Å². The standard InChI is InChI=1S/C10H13BrFNO/c1-10(2,13)5-6-7(12)3-4-8(14)9(6)11/h3-4,14H,5,13H2,1-2H3. The van der Waals surface area contributed by atoms with Crippen molar-refractivity contribution in [1.82, 2.24) is 0 Å². The van der Waals surface area contributed by atoms with Gasteiger partial charge in [0.25, 0.3) is 0 Å². The van der Waals surface area contributed by atoms with Crippen molar-refractivity contribution in [3.8, 4) is 5.75 Å². The highest BCUT2D eigenvalue weighted by atomic mass is 79.9. The van der Waals surface area contributed by atoms with Crippen LogP contribution in [0.4, 0.5) is 4.39 Å². The van der Waals surface area contributed by atoms with Crippen LogP contribution >= 0.6 is 15.9 Å². The fourth-order valence-corrected chi connectivity index (χ4v) is 1.66. The van der Waals surface area contributed by atoms with Gasteiger partial charge in [-0.1, -0.05) is 0 Å². The number of phenols is 1. The summed E-state index contributed by atoms with van der Waals surface area (Å²) in [7, 11) is 0. The summed E-state index contributed by atoms with van der Waals surface area (Å²) in [6.45, 7) is 3.62. The van der Waals surface area contributed by atoms with Crippen LogP contribution < -0.4 is 5.73 Å². The van der Waals surface area contributed by atoms with Gasteiger partial charge in [0.1, 0.15) is 11.6 Å². The van der Waals surface area contributed by atoms with Crippen LogP contribution in [0.2, 0.25) is 0 Å². The topological polar surface area (TPSA) is 46.2 Å². The molecule has 0 saturated carbocycles. The summed E-state index contributed by atoms with van der Waals surface area (Å²) in [5, 5.41) is 9.37. The molecule has 0 fully saturated rings. The lowest BCUT2D eigenvalue weighted by atomic mass is 9.96. The molecule has 2 nitrogen and oxygen atoms in total. The van der Waals surface area contributed by atoms with E-state index in [1.165, 1.54) is 12.1 Å². The average molecular weight is 262 g/mol. The number of halogens is 2. The van der Waals surface area contributed by atoms with E-state index in [4.69, 9.17) is 5.73 Å². The van der Waals surface area contributed by atoms with E-state index < -0.39 is 5.54 Å². The lowest BCUT2D eigenvalue weighted by Crippen LogP contribution is -2.34. The van der Waals surface area contributed by atoms with Gasteiger partial charge in [0.05, 0.1) is 4.47 Å². The molecule has 0 aromatic heterocycles. The van der Waals surface area contributed by atoms with Gasteiger partial charge in [0.2, 0.25) is 0 Å². The molecule has 0 radical (unpaired) electrons. The van der Waals surface area contributed by atoms with Crippen LogP contribution in [0.25, 0.3) is 0 Å². The fourth-order valence-electron chi connectivity index (χ4n) is 1.20. The molecule has 78 valence electrons. The molecule has 1 rings (SSSR count). The molecule has 0 unspecified atom stereocenters. The molecule has 0 saturated heterocycles. The minimum atomic E-state index is -0.503. The number of rotatable bonds is 2. The maximum atomic E-state index is 13.4. The molecule has 0 amide bonds. The van der Waals surface area contributed by atoms with Gasteiger partial charge in [-0.15, -0.1) is 0 Å². The zero-order valence-corrected chi connectivity index (χ0v) is 9.73. The normalized spacial score (nSPS) is 11.8. The molecule has 0 aliphatic rings. The summed E-state index contributed by atoms with van der Waals surface area (Å²) in [6.07, 6.45) is 0.369. The monoisotopic (exact) mass is 261 g/mol. The van der Waals surface area contributed by atoms with E-state index in [9.17, 15) is 9.50 Å². The van der Waals surface area contributed by atoms with E-state index in [1.54, 1.807) is 0 Å². The van der Waals surface area contributed by atoms with Gasteiger partial charge in [-0.3, -0.25) is 0 Å². The van der Waals surface area contributed by atoms with Gasteiger partial charge in [0.15, 0.2) is 0 Å². The van der Waals surface area contributed by atoms with Crippen molar-refractivity contribution < 1.29 is 9.50 Å². The Kier molecular flexibility index (Phi) is 3.17. The lowest BCUT2D eigenvalue weighted by molar-refractivity contribution is 0.459. The summed E-state index contributed by atoms with van der Waals surface area (Å²) < 4.78 is 13.7. The largest absolute Gasteiger partial charge is 0.507 e. The van der Waals surface area contributed by atoms with Crippen molar-refractivity contribution in [2.24, 2.45) is 5.73 Å². The van der Waals surface area contributed by atoms with Crippen molar-refractivity contribution in [3.63, 3.8) is 0 Å². The lowest BCUT2D eigenvalue weighted by Gasteiger charge is -2.19. The van der Waals surface area contributed by atoms with Crippen LogP contribution in [-0.2, 0) is 6.42 Å². The van der Waals surface area contributed by atoms with Gasteiger partial charge < -0.3 is 10.8 Å². The van der Waals surface area contributed by atoms with Gasteiger partial charge >= 0.3 is 0 Å². The highest BCUT2D eigenvalue weighted by Crippen LogP contribution is 2.31. The quantitative estimate of drug-likeness (QED) is 0.860. The second-order valence-corrected chi connectivity index (χ2v) is 4.82. The Hall–Kier alpha value is -0.610. The molecule has 1 aromatic rings. The molecule has 3 N–H and O–H groups in total. The SMILES string of the molecule is CC(C)(N)Cc1c(F)ccc(O)c1Br. The third-order valence-corrected chi connectivity index (χ3v) is 2.68. The summed E-state index contributed by atoms with van der Waals surface area (Å²) in [5.74, 6) is -0.321. The van der Waals surface area contributed by atoms with E-state index in [0.717, 1.165) is 0 Å². The highest BCUT2D eigenvalue weighted by molar-refractivity contribution is 9.10. The molecule has 14 heavy (non-hydrogen) atoms. The summed E-state index contributed by atoms with van der Waals surface area (Å²) in [6, 6.07) is 2.55. The Bertz CT molecular complexity index is 347. The minimum Gasteiger partial charge on any atom is -0.507 e. The second kappa shape index (κ2) is 3.87. The predicted octanol–water partition coefficient (Wildman–Crippen LogP) is 2.57. The first-order valence-electron chi connectivity index (χ1n) is 4.26. The molecule has 0 spiro atoms. The van der Waals surface area contributed by atoms with E-state index in [1.807, 2.05) is 13.8 Å². The third-order valence-electron chi connectivity index (χ3n) is 1.80. The smallest absolute Gasteiger partial charge is 0.130 e. The number of phenolic OH excluding ortho intramolecular Hbond substituents is 1. The molecule has 0 aliphatic heterocycles. The average Bonchev–Trinajstić information content (AvgIpc) is 2.04. The van der Waals surface area contributed by atoms with E-state index in [0.29, 0.717) is 16.5 Å². The Morgan fingerprint density at radius 2 is 2.07 bits per heavy atom. The summed E-state index contributed by atoms with van der Waals surface area (Å²) in [5.41, 5.74) is 5.70. The number of nitrogens with two attached hydrogens (primary N) is 1. The Morgan fingerprint density at radius 3 is 2.57 bits per heavy atom. The van der Waals surface area contributed by atoms with Crippen LogP contribution in [0.1, 0.15) is 19.4 Å². The molecule has 0 atom stereocenters. The molecule has 1 aromatic carbocycles. The third kappa shape index (κ3) is 2.69. The van der Waals surface area contributed by atoms with E-state index >= 15 is 0 Å². The van der Waals surface area contributed by atoms with E-state index in [-0.39, 0.29) is 11.6 Å². The number of benzene rings is 1. The first kappa shape index (κ1) is 11.5. The van der Waals surface area contributed by atoms with Crippen LogP contribution in [-0.4, -0.2) is 10.6 Å². The van der Waals surface area contributed by atoms with E-state index in [2.05, 4.69) is 15.9 Å². The molecular weight excluding hydrogens is 249 g/mol. The molecule has 0 heterocycles. The van der Waals surface area contributed by atoms with Crippen LogP contribution in [0, 0.1) is 5.82 Å². The number of aromatic hydroxyl groups is 1. The molecule has 0 aliphatic carbocycles. The van der Waals surface area contributed by atoms with Crippen molar-refractivity contribution in [3.05, 3.63) is 28.0 Å². The Labute approximate surface area is 91.1 Å². The minimum absolute atomic E-state index is 0.0330. The Balaban J connectivity index is 3.13. The molecule has 4 heteroatoms. The highest BCUT2D eigenvalue weighted by Gasteiger charge is 2.18. The summed E-state index contributed by atoms with van der Waals surface area (Å²) >= 11 is 3.14. The summed E-state index contributed by atoms with van der Waals surface area (Å²) in [4.78, 5) is 0. The maximum Gasteiger partial charge on any atom is 0.130 e.